The van der Waals surface area contributed by atoms with Gasteiger partial charge in [0, 0.05) is 43.9 Å². The van der Waals surface area contributed by atoms with Gasteiger partial charge in [-0.1, -0.05) is 170 Å². The molecular formula is C52H34N4. The maximum Gasteiger partial charge on any atom is 0.160 e. The smallest absolute Gasteiger partial charge is 0.160 e. The van der Waals surface area contributed by atoms with E-state index >= 15 is 0 Å². The minimum atomic E-state index is 0.690. The lowest BCUT2D eigenvalue weighted by Crippen LogP contribution is -2.06. The van der Waals surface area contributed by atoms with Gasteiger partial charge in [-0.2, -0.15) is 0 Å². The third-order valence-corrected chi connectivity index (χ3v) is 10.9. The molecule has 8 aromatic carbocycles. The van der Waals surface area contributed by atoms with Gasteiger partial charge in [-0.25, -0.2) is 9.97 Å². The molecular weight excluding hydrogens is 681 g/mol. The number of hydrogen-bond donors (Lipinski definition) is 0. The standard InChI is InChI=1S/C52H34N4/c1-5-19-35(20-6-1)49-51(50(36-21-7-2-8-22-36)54-52(53-49)37-23-9-3-10-24-37)56-44-32-16-14-28-42(44)48-40(30-18-34-46(48)56)39-29-17-33-45-47(39)41-27-13-15-31-43(41)55(45)38-25-11-4-12-26-38/h1-34H. The molecule has 3 aromatic heterocycles. The summed E-state index contributed by atoms with van der Waals surface area (Å²) in [7, 11) is 0. The molecule has 0 fully saturated rings. The molecule has 0 atom stereocenters. The second kappa shape index (κ2) is 13.1. The zero-order valence-corrected chi connectivity index (χ0v) is 30.4. The van der Waals surface area contributed by atoms with Crippen LogP contribution in [0.1, 0.15) is 0 Å². The van der Waals surface area contributed by atoms with Crippen LogP contribution in [-0.4, -0.2) is 19.1 Å². The largest absolute Gasteiger partial charge is 0.309 e. The van der Waals surface area contributed by atoms with Crippen LogP contribution in [0.4, 0.5) is 0 Å². The molecule has 3 heterocycles. The fourth-order valence-corrected chi connectivity index (χ4v) is 8.56. The molecule has 0 spiro atoms. The Bertz CT molecular complexity index is 3160. The molecule has 262 valence electrons. The fraction of sp³-hybridized carbons (Fsp3) is 0. The first-order valence-electron chi connectivity index (χ1n) is 19.0. The van der Waals surface area contributed by atoms with Crippen molar-refractivity contribution < 1.29 is 0 Å². The summed E-state index contributed by atoms with van der Waals surface area (Å²) in [5.74, 6) is 0.690. The van der Waals surface area contributed by atoms with Crippen molar-refractivity contribution in [3.63, 3.8) is 0 Å². The number of nitrogens with zero attached hydrogens (tertiary/aromatic N) is 4. The van der Waals surface area contributed by atoms with Gasteiger partial charge in [0.1, 0.15) is 0 Å². The molecule has 4 heteroatoms. The highest BCUT2D eigenvalue weighted by molar-refractivity contribution is 6.22. The predicted octanol–water partition coefficient (Wildman–Crippen LogP) is 13.3. The van der Waals surface area contributed by atoms with Crippen LogP contribution in [0.15, 0.2) is 206 Å². The highest BCUT2D eigenvalue weighted by Crippen LogP contribution is 2.46. The summed E-state index contributed by atoms with van der Waals surface area (Å²) in [6.07, 6.45) is 0. The van der Waals surface area contributed by atoms with Crippen LogP contribution < -0.4 is 0 Å². The second-order valence-electron chi connectivity index (χ2n) is 14.1. The lowest BCUT2D eigenvalue weighted by atomic mass is 9.95. The lowest BCUT2D eigenvalue weighted by molar-refractivity contribution is 1.09. The number of rotatable bonds is 6. The van der Waals surface area contributed by atoms with Crippen molar-refractivity contribution in [1.29, 1.82) is 0 Å². The van der Waals surface area contributed by atoms with Gasteiger partial charge in [0.2, 0.25) is 0 Å². The van der Waals surface area contributed by atoms with E-state index in [1.165, 1.54) is 43.7 Å². The van der Waals surface area contributed by atoms with E-state index in [-0.39, 0.29) is 0 Å². The predicted molar refractivity (Wildman–Crippen MR) is 232 cm³/mol. The molecule has 0 N–H and O–H groups in total. The van der Waals surface area contributed by atoms with Crippen LogP contribution in [0.3, 0.4) is 0 Å². The Morgan fingerprint density at radius 1 is 0.304 bits per heavy atom. The van der Waals surface area contributed by atoms with Crippen LogP contribution in [0.2, 0.25) is 0 Å². The van der Waals surface area contributed by atoms with Crippen LogP contribution in [0, 0.1) is 0 Å². The van der Waals surface area contributed by atoms with E-state index < -0.39 is 0 Å². The van der Waals surface area contributed by atoms with Gasteiger partial charge in [-0.15, -0.1) is 0 Å². The van der Waals surface area contributed by atoms with Gasteiger partial charge in [0.25, 0.3) is 0 Å². The monoisotopic (exact) mass is 714 g/mol. The number of hydrogen-bond acceptors (Lipinski definition) is 2. The summed E-state index contributed by atoms with van der Waals surface area (Å²) in [4.78, 5) is 10.8. The molecule has 11 rings (SSSR count). The Morgan fingerprint density at radius 2 is 0.696 bits per heavy atom. The Kier molecular flexibility index (Phi) is 7.46. The third kappa shape index (κ3) is 5.00. The van der Waals surface area contributed by atoms with Gasteiger partial charge in [-0.05, 0) is 47.5 Å². The number of fused-ring (bicyclic) bond motifs is 6. The number of benzene rings is 8. The quantitative estimate of drug-likeness (QED) is 0.172. The van der Waals surface area contributed by atoms with Gasteiger partial charge in [0.05, 0.1) is 39.1 Å². The van der Waals surface area contributed by atoms with E-state index in [0.29, 0.717) is 5.82 Å². The zero-order valence-electron chi connectivity index (χ0n) is 30.4. The van der Waals surface area contributed by atoms with Crippen molar-refractivity contribution in [3.05, 3.63) is 206 Å². The average molecular weight is 715 g/mol. The minimum absolute atomic E-state index is 0.690. The second-order valence-corrected chi connectivity index (χ2v) is 14.1. The van der Waals surface area contributed by atoms with E-state index in [0.717, 1.165) is 50.5 Å². The Labute approximate surface area is 324 Å². The van der Waals surface area contributed by atoms with Crippen molar-refractivity contribution in [1.82, 2.24) is 19.1 Å². The minimum Gasteiger partial charge on any atom is -0.309 e. The van der Waals surface area contributed by atoms with Crippen molar-refractivity contribution >= 4 is 43.6 Å². The van der Waals surface area contributed by atoms with Crippen LogP contribution in [-0.2, 0) is 0 Å². The van der Waals surface area contributed by atoms with E-state index in [9.17, 15) is 0 Å². The summed E-state index contributed by atoms with van der Waals surface area (Å²) in [6, 6.07) is 73.0. The molecule has 0 radical (unpaired) electrons. The molecule has 0 bridgehead atoms. The average Bonchev–Trinajstić information content (AvgIpc) is 3.80. The summed E-state index contributed by atoms with van der Waals surface area (Å²) >= 11 is 0. The molecule has 0 aliphatic carbocycles. The van der Waals surface area contributed by atoms with Crippen molar-refractivity contribution in [2.45, 2.75) is 0 Å². The summed E-state index contributed by atoms with van der Waals surface area (Å²) < 4.78 is 4.79. The molecule has 0 saturated carbocycles. The third-order valence-electron chi connectivity index (χ3n) is 10.9. The molecule has 4 nitrogen and oxygen atoms in total. The molecule has 0 amide bonds. The van der Waals surface area contributed by atoms with Crippen LogP contribution in [0.5, 0.6) is 0 Å². The van der Waals surface area contributed by atoms with E-state index in [1.54, 1.807) is 0 Å². The lowest BCUT2D eigenvalue weighted by Gasteiger charge is -2.19. The Morgan fingerprint density at radius 3 is 1.21 bits per heavy atom. The first-order chi connectivity index (χ1) is 27.8. The fourth-order valence-electron chi connectivity index (χ4n) is 8.56. The van der Waals surface area contributed by atoms with Gasteiger partial charge >= 0.3 is 0 Å². The molecule has 11 aromatic rings. The van der Waals surface area contributed by atoms with Crippen molar-refractivity contribution in [2.75, 3.05) is 0 Å². The number of para-hydroxylation sites is 3. The van der Waals surface area contributed by atoms with E-state index in [1.807, 2.05) is 18.2 Å². The van der Waals surface area contributed by atoms with Gasteiger partial charge in [-0.3, -0.25) is 0 Å². The zero-order chi connectivity index (χ0) is 37.0. The first-order valence-corrected chi connectivity index (χ1v) is 19.0. The topological polar surface area (TPSA) is 35.6 Å². The van der Waals surface area contributed by atoms with Crippen LogP contribution in [0.25, 0.3) is 100 Å². The SMILES string of the molecule is c1ccc(-c2nc(-c3ccccc3)c(-n3c4ccccc4c4c(-c5cccc6c5c5ccccc5n6-c5ccccc5)cccc43)c(-c3ccccc3)n2)cc1. The summed E-state index contributed by atoms with van der Waals surface area (Å²) in [6.45, 7) is 0. The Balaban J connectivity index is 1.27. The molecule has 0 saturated heterocycles. The molecule has 0 aliphatic rings. The van der Waals surface area contributed by atoms with E-state index in [4.69, 9.17) is 9.97 Å². The Hall–Kier alpha value is -7.56. The molecule has 0 unspecified atom stereocenters. The number of aromatic nitrogens is 4. The first kappa shape index (κ1) is 31.9. The highest BCUT2D eigenvalue weighted by Gasteiger charge is 2.26. The van der Waals surface area contributed by atoms with Gasteiger partial charge in [0.15, 0.2) is 5.82 Å². The maximum atomic E-state index is 5.42. The summed E-state index contributed by atoms with van der Waals surface area (Å²) in [5.41, 5.74) is 13.8. The van der Waals surface area contributed by atoms with Gasteiger partial charge < -0.3 is 9.13 Å². The molecule has 56 heavy (non-hydrogen) atoms. The maximum absolute atomic E-state index is 5.42. The van der Waals surface area contributed by atoms with Crippen molar-refractivity contribution in [3.8, 4) is 56.4 Å². The molecule has 0 aliphatic heterocycles. The summed E-state index contributed by atoms with van der Waals surface area (Å²) in [5, 5.41) is 4.83. The van der Waals surface area contributed by atoms with Crippen molar-refractivity contribution in [2.24, 2.45) is 0 Å². The normalized spacial score (nSPS) is 11.6. The highest BCUT2D eigenvalue weighted by atomic mass is 15.1. The van der Waals surface area contributed by atoms with E-state index in [2.05, 4.69) is 197 Å². The van der Waals surface area contributed by atoms with Crippen LogP contribution >= 0.6 is 0 Å².